The molecule has 0 aliphatic carbocycles. The van der Waals surface area contributed by atoms with Crippen LogP contribution in [0.25, 0.3) is 22.3 Å². The molecule has 0 saturated carbocycles. The third kappa shape index (κ3) is 16.2. The first-order valence-corrected chi connectivity index (χ1v) is 17.7. The van der Waals surface area contributed by atoms with Crippen LogP contribution >= 0.6 is 0 Å². The van der Waals surface area contributed by atoms with Crippen molar-refractivity contribution < 1.29 is 28.6 Å². The van der Waals surface area contributed by atoms with Gasteiger partial charge < -0.3 is 24.9 Å². The molecule has 1 aromatic heterocycles. The van der Waals surface area contributed by atoms with E-state index < -0.39 is 18.1 Å². The first kappa shape index (κ1) is 40.0. The van der Waals surface area contributed by atoms with E-state index in [0.29, 0.717) is 37.2 Å². The number of fused-ring (bicyclic) bond motifs is 1. The monoisotopic (exact) mass is 694 g/mol. The summed E-state index contributed by atoms with van der Waals surface area (Å²) in [4.78, 5) is 49.1. The number of carbonyl (C=O) groups is 3. The minimum Gasteiger partial charge on any atom is -0.480 e. The second-order valence-corrected chi connectivity index (χ2v) is 11.9. The zero-order valence-electron chi connectivity index (χ0n) is 29.4. The molecule has 0 aliphatic rings. The number of aliphatic carboxylic acids is 1. The molecule has 3 rings (SSSR count). The molecular weight excluding hydrogens is 644 g/mol. The molecule has 1 unspecified atom stereocenters. The van der Waals surface area contributed by atoms with Crippen LogP contribution in [0.2, 0.25) is 0 Å². The Kier molecular flexibility index (Phi) is 18.7. The third-order valence-corrected chi connectivity index (χ3v) is 7.73. The molecule has 270 valence electrons. The predicted molar refractivity (Wildman–Crippen MR) is 204 cm³/mol. The normalized spacial score (nSPS) is 12.5. The number of ether oxygens (including phenoxy) is 1. The molecular formula is C42H50N2O7. The summed E-state index contributed by atoms with van der Waals surface area (Å²) in [6.07, 6.45) is 28.6. The van der Waals surface area contributed by atoms with Gasteiger partial charge in [-0.1, -0.05) is 98.0 Å². The van der Waals surface area contributed by atoms with Crippen molar-refractivity contribution in [2.24, 2.45) is 0 Å². The molecule has 0 fully saturated rings. The molecule has 2 amide bonds. The summed E-state index contributed by atoms with van der Waals surface area (Å²) in [7, 11) is 0. The van der Waals surface area contributed by atoms with Crippen LogP contribution in [0.1, 0.15) is 77.6 Å². The Bertz CT molecular complexity index is 1730. The highest BCUT2D eigenvalue weighted by molar-refractivity contribution is 5.83. The molecule has 3 aromatic rings. The van der Waals surface area contributed by atoms with Crippen molar-refractivity contribution in [3.8, 4) is 17.1 Å². The molecule has 0 aliphatic heterocycles. The van der Waals surface area contributed by atoms with E-state index in [2.05, 4.69) is 78.3 Å². The van der Waals surface area contributed by atoms with E-state index in [1.165, 1.54) is 24.3 Å². The number of hydrogen-bond donors (Lipinski definition) is 3. The van der Waals surface area contributed by atoms with E-state index in [-0.39, 0.29) is 28.9 Å². The highest BCUT2D eigenvalue weighted by atomic mass is 16.6. The number of hydrogen-bond acceptors (Lipinski definition) is 6. The summed E-state index contributed by atoms with van der Waals surface area (Å²) < 4.78 is 11.1. The van der Waals surface area contributed by atoms with E-state index in [9.17, 15) is 24.3 Å². The molecule has 9 heteroatoms. The minimum atomic E-state index is -1.20. The van der Waals surface area contributed by atoms with Gasteiger partial charge in [0, 0.05) is 24.6 Å². The standard InChI is InChI=1S/C42H50N2O7/c1-2-3-4-5-6-7-8-9-10-11-12-13-14-15-16-17-21-27-40(46)43-30-23-22-26-36(41(47)48)44-42(49)50-34-28-29-38-35(31-34)37(45)32-39(51-38)33-24-19-18-20-25-33/h3-4,6-7,9-10,12-13,15-16,18-20,24-25,28-29,31-32,36H,2,5,8,11,14,17,21-23,26-27,30H2,1H3,(H,43,46)(H,44,49)(H,47,48)/b4-3-,7-6-,10-9-,13-12-,16-15-. The number of rotatable bonds is 22. The lowest BCUT2D eigenvalue weighted by molar-refractivity contribution is -0.139. The second-order valence-electron chi connectivity index (χ2n) is 11.9. The Morgan fingerprint density at radius 1 is 0.804 bits per heavy atom. The number of nitrogens with one attached hydrogen (secondary N) is 2. The summed E-state index contributed by atoms with van der Waals surface area (Å²) >= 11 is 0. The molecule has 0 spiro atoms. The fourth-order valence-corrected chi connectivity index (χ4v) is 5.02. The number of benzene rings is 2. The van der Waals surface area contributed by atoms with Crippen LogP contribution in [-0.4, -0.2) is 35.7 Å². The van der Waals surface area contributed by atoms with Gasteiger partial charge >= 0.3 is 12.1 Å². The van der Waals surface area contributed by atoms with Gasteiger partial charge in [-0.25, -0.2) is 9.59 Å². The quantitative estimate of drug-likeness (QED) is 0.0705. The topological polar surface area (TPSA) is 135 Å². The van der Waals surface area contributed by atoms with Gasteiger partial charge in [0.25, 0.3) is 0 Å². The lowest BCUT2D eigenvalue weighted by Gasteiger charge is -2.14. The molecule has 1 atom stereocenters. The molecule has 0 saturated heterocycles. The molecule has 0 bridgehead atoms. The highest BCUT2D eigenvalue weighted by Gasteiger charge is 2.21. The van der Waals surface area contributed by atoms with Crippen LogP contribution < -0.4 is 20.8 Å². The maximum Gasteiger partial charge on any atom is 0.413 e. The molecule has 2 aromatic carbocycles. The van der Waals surface area contributed by atoms with E-state index in [0.717, 1.165) is 50.5 Å². The van der Waals surface area contributed by atoms with Crippen LogP contribution in [0.15, 0.2) is 125 Å². The average Bonchev–Trinajstić information content (AvgIpc) is 3.12. The summed E-state index contributed by atoms with van der Waals surface area (Å²) in [5, 5.41) is 15.1. The fourth-order valence-electron chi connectivity index (χ4n) is 5.02. The Labute approximate surface area is 300 Å². The van der Waals surface area contributed by atoms with Gasteiger partial charge in [0.2, 0.25) is 5.91 Å². The first-order chi connectivity index (χ1) is 24.9. The van der Waals surface area contributed by atoms with Crippen LogP contribution in [0.4, 0.5) is 4.79 Å². The first-order valence-electron chi connectivity index (χ1n) is 17.7. The third-order valence-electron chi connectivity index (χ3n) is 7.73. The maximum absolute atomic E-state index is 12.7. The molecule has 1 heterocycles. The van der Waals surface area contributed by atoms with E-state index in [4.69, 9.17) is 9.15 Å². The zero-order chi connectivity index (χ0) is 36.5. The van der Waals surface area contributed by atoms with Gasteiger partial charge in [-0.15, -0.1) is 0 Å². The van der Waals surface area contributed by atoms with Crippen molar-refractivity contribution in [1.82, 2.24) is 10.6 Å². The molecule has 0 radical (unpaired) electrons. The largest absolute Gasteiger partial charge is 0.480 e. The van der Waals surface area contributed by atoms with Crippen molar-refractivity contribution in [2.75, 3.05) is 6.54 Å². The highest BCUT2D eigenvalue weighted by Crippen LogP contribution is 2.24. The number of unbranched alkanes of at least 4 members (excludes halogenated alkanes) is 2. The lowest BCUT2D eigenvalue weighted by Crippen LogP contribution is -2.42. The van der Waals surface area contributed by atoms with Crippen LogP contribution in [0, 0.1) is 0 Å². The van der Waals surface area contributed by atoms with Gasteiger partial charge in [0.1, 0.15) is 23.1 Å². The smallest absolute Gasteiger partial charge is 0.413 e. The van der Waals surface area contributed by atoms with Crippen molar-refractivity contribution >= 4 is 28.9 Å². The number of carboxylic acids is 1. The predicted octanol–water partition coefficient (Wildman–Crippen LogP) is 9.21. The summed E-state index contributed by atoms with van der Waals surface area (Å²) in [6.45, 7) is 2.55. The van der Waals surface area contributed by atoms with E-state index >= 15 is 0 Å². The van der Waals surface area contributed by atoms with Crippen LogP contribution in [0.3, 0.4) is 0 Å². The molecule has 51 heavy (non-hydrogen) atoms. The van der Waals surface area contributed by atoms with Crippen LogP contribution in [-0.2, 0) is 9.59 Å². The Morgan fingerprint density at radius 3 is 2.10 bits per heavy atom. The number of amides is 2. The minimum absolute atomic E-state index is 0.0421. The van der Waals surface area contributed by atoms with Gasteiger partial charge in [-0.2, -0.15) is 0 Å². The van der Waals surface area contributed by atoms with Gasteiger partial charge in [-0.05, 0) is 82.4 Å². The van der Waals surface area contributed by atoms with E-state index in [1.54, 1.807) is 0 Å². The Balaban J connectivity index is 1.26. The van der Waals surface area contributed by atoms with E-state index in [1.807, 2.05) is 30.3 Å². The SMILES string of the molecule is CC/C=C\C/C=C\C/C=C\C/C=C\C/C=C\CCCC(=O)NCCCCC(NC(=O)Oc1ccc2oc(-c3ccccc3)cc(=O)c2c1)C(=O)O. The van der Waals surface area contributed by atoms with Crippen molar-refractivity contribution in [1.29, 1.82) is 0 Å². The summed E-state index contributed by atoms with van der Waals surface area (Å²) in [5.74, 6) is -0.744. The fraction of sp³-hybridized carbons (Fsp3) is 0.333. The number of allylic oxidation sites excluding steroid dienone is 10. The Morgan fingerprint density at radius 2 is 1.45 bits per heavy atom. The van der Waals surface area contributed by atoms with Crippen molar-refractivity contribution in [3.63, 3.8) is 0 Å². The number of carboxylic acid groups (broad SMARTS) is 1. The average molecular weight is 695 g/mol. The van der Waals surface area contributed by atoms with Crippen LogP contribution in [0.5, 0.6) is 5.75 Å². The zero-order valence-corrected chi connectivity index (χ0v) is 29.4. The number of carbonyl (C=O) groups excluding carboxylic acids is 2. The van der Waals surface area contributed by atoms with Crippen molar-refractivity contribution in [3.05, 3.63) is 126 Å². The van der Waals surface area contributed by atoms with Gasteiger partial charge in [-0.3, -0.25) is 9.59 Å². The maximum atomic E-state index is 12.7. The van der Waals surface area contributed by atoms with Gasteiger partial charge in [0.05, 0.1) is 5.39 Å². The molecule has 3 N–H and O–H groups in total. The summed E-state index contributed by atoms with van der Waals surface area (Å²) in [6, 6.07) is 13.8. The van der Waals surface area contributed by atoms with Crippen molar-refractivity contribution in [2.45, 2.75) is 83.6 Å². The Hall–Kier alpha value is -5.44. The summed E-state index contributed by atoms with van der Waals surface area (Å²) in [5.41, 5.74) is 0.781. The lowest BCUT2D eigenvalue weighted by atomic mass is 10.1. The second kappa shape index (κ2) is 23.8. The van der Waals surface area contributed by atoms with Gasteiger partial charge in [0.15, 0.2) is 5.43 Å². The molecule has 9 nitrogen and oxygen atoms in total.